The first-order valence-electron chi connectivity index (χ1n) is 22.8. The van der Waals surface area contributed by atoms with Crippen LogP contribution in [0.15, 0.2) is 48.5 Å². The molecule has 0 radical (unpaired) electrons. The summed E-state index contributed by atoms with van der Waals surface area (Å²) in [6, 6.07) is 13.1. The first-order chi connectivity index (χ1) is 29.4. The molecule has 4 fully saturated rings. The molecule has 13 nitrogen and oxygen atoms in total. The van der Waals surface area contributed by atoms with Crippen LogP contribution in [0.1, 0.15) is 128 Å². The van der Waals surface area contributed by atoms with Crippen molar-refractivity contribution < 1.29 is 43.2 Å². The van der Waals surface area contributed by atoms with E-state index in [1.165, 1.54) is 19.4 Å². The molecule has 14 heteroatoms. The Morgan fingerprint density at radius 2 is 1.52 bits per heavy atom. The number of Topliss-reactive ketones (excluding diaryl/α,β-unsaturated/α-hetero) is 3. The van der Waals surface area contributed by atoms with Crippen LogP contribution in [0.2, 0.25) is 6.32 Å². The van der Waals surface area contributed by atoms with Gasteiger partial charge in [0.2, 0.25) is 17.7 Å². The second-order valence-electron chi connectivity index (χ2n) is 18.9. The number of nitrogens with two attached hydrogens (primary N) is 2. The average Bonchev–Trinajstić information content (AvgIpc) is 3.59. The van der Waals surface area contributed by atoms with Crippen molar-refractivity contribution in [3.8, 4) is 11.1 Å². The van der Waals surface area contributed by atoms with Gasteiger partial charge in [-0.25, -0.2) is 0 Å². The minimum Gasteiger partial charge on any atom is -0.405 e. The van der Waals surface area contributed by atoms with E-state index in [1.807, 2.05) is 12.1 Å². The summed E-state index contributed by atoms with van der Waals surface area (Å²) in [6.45, 7) is 12.0. The first kappa shape index (κ1) is 48.8. The lowest BCUT2D eigenvalue weighted by Gasteiger charge is -2.64. The molecule has 1 saturated heterocycles. The smallest absolute Gasteiger partial charge is 0.405 e. The zero-order valence-corrected chi connectivity index (χ0v) is 37.6. The molecule has 338 valence electrons. The van der Waals surface area contributed by atoms with E-state index >= 15 is 0 Å². The monoisotopic (exact) mass is 857 g/mol. The van der Waals surface area contributed by atoms with Crippen molar-refractivity contribution in [3.63, 3.8) is 0 Å². The fourth-order valence-electron chi connectivity index (χ4n) is 9.83. The highest BCUT2D eigenvalue weighted by Gasteiger charge is 2.67. The minimum atomic E-state index is -1.37. The number of primary amides is 1. The average molecular weight is 857 g/mol. The third-order valence-corrected chi connectivity index (χ3v) is 13.9. The molecule has 4 aliphatic rings. The first-order valence-corrected chi connectivity index (χ1v) is 22.8. The maximum atomic E-state index is 13.8. The van der Waals surface area contributed by atoms with E-state index in [1.54, 1.807) is 12.1 Å². The van der Waals surface area contributed by atoms with Gasteiger partial charge < -0.3 is 36.5 Å². The topological polar surface area (TPSA) is 217 Å². The predicted octanol–water partition coefficient (Wildman–Crippen LogP) is 5.52. The lowest BCUT2D eigenvalue weighted by Crippen LogP contribution is -2.65. The SMILES string of the molecule is CCCCc1ccc(-c2ccc(C(=O)C[C@@H](CCCCN)C(=O)N[C@H](C(=O)C[C@@H](C)C(=O)N[C@@H](CC(N)=O)C(=O)CCB3OC4C[C@@H]5C[C@@H](C5(C)C)[C@]4(C)O3)C(C)O)cc2)cc1. The molecule has 62 heavy (non-hydrogen) atoms. The van der Waals surface area contributed by atoms with Gasteiger partial charge in [-0.3, -0.25) is 28.8 Å². The maximum Gasteiger partial charge on any atom is 0.458 e. The third kappa shape index (κ3) is 11.9. The summed E-state index contributed by atoms with van der Waals surface area (Å²) in [6.07, 6.45) is 4.77. The van der Waals surface area contributed by atoms with E-state index in [2.05, 4.69) is 62.6 Å². The molecule has 0 aromatic heterocycles. The summed E-state index contributed by atoms with van der Waals surface area (Å²) in [5, 5.41) is 15.9. The molecule has 6 rings (SSSR count). The lowest BCUT2D eigenvalue weighted by atomic mass is 9.43. The lowest BCUT2D eigenvalue weighted by molar-refractivity contribution is -0.199. The van der Waals surface area contributed by atoms with Crippen LogP contribution in [-0.4, -0.2) is 83.7 Å². The van der Waals surface area contributed by atoms with Gasteiger partial charge in [0.25, 0.3) is 0 Å². The summed E-state index contributed by atoms with van der Waals surface area (Å²) in [5.41, 5.74) is 14.7. The van der Waals surface area contributed by atoms with Crippen molar-refractivity contribution >= 4 is 42.2 Å². The Balaban J connectivity index is 1.15. The zero-order valence-electron chi connectivity index (χ0n) is 37.6. The zero-order chi connectivity index (χ0) is 45.4. The Bertz CT molecular complexity index is 1900. The largest absolute Gasteiger partial charge is 0.458 e. The van der Waals surface area contributed by atoms with Gasteiger partial charge in [-0.1, -0.05) is 89.1 Å². The summed E-state index contributed by atoms with van der Waals surface area (Å²) in [4.78, 5) is 79.7. The molecule has 3 saturated carbocycles. The number of amides is 3. The number of rotatable bonds is 25. The summed E-state index contributed by atoms with van der Waals surface area (Å²) < 4.78 is 12.7. The quantitative estimate of drug-likeness (QED) is 0.0479. The van der Waals surface area contributed by atoms with E-state index in [4.69, 9.17) is 20.8 Å². The number of hydrogen-bond acceptors (Lipinski definition) is 10. The van der Waals surface area contributed by atoms with Gasteiger partial charge in [0.15, 0.2) is 17.3 Å². The van der Waals surface area contributed by atoms with E-state index in [0.29, 0.717) is 43.2 Å². The Morgan fingerprint density at radius 1 is 0.855 bits per heavy atom. The van der Waals surface area contributed by atoms with Crippen molar-refractivity contribution in [2.75, 3.05) is 6.54 Å². The Kier molecular flexibility index (Phi) is 16.9. The van der Waals surface area contributed by atoms with Gasteiger partial charge >= 0.3 is 7.12 Å². The second-order valence-corrected chi connectivity index (χ2v) is 18.9. The van der Waals surface area contributed by atoms with Gasteiger partial charge in [0.05, 0.1) is 30.3 Å². The van der Waals surface area contributed by atoms with Crippen LogP contribution in [0.25, 0.3) is 11.1 Å². The molecule has 3 aliphatic carbocycles. The van der Waals surface area contributed by atoms with Crippen molar-refractivity contribution in [2.24, 2.45) is 40.6 Å². The number of benzene rings is 2. The molecule has 7 N–H and O–H groups in total. The number of carbonyl (C=O) groups is 6. The van der Waals surface area contributed by atoms with Crippen LogP contribution in [0.4, 0.5) is 0 Å². The summed E-state index contributed by atoms with van der Waals surface area (Å²) in [7, 11) is -0.591. The van der Waals surface area contributed by atoms with E-state index in [-0.39, 0.29) is 42.9 Å². The highest BCUT2D eigenvalue weighted by Crippen LogP contribution is 2.65. The van der Waals surface area contributed by atoms with E-state index in [0.717, 1.165) is 43.2 Å². The Morgan fingerprint density at radius 3 is 2.11 bits per heavy atom. The molecule has 9 atom stereocenters. The molecule has 2 aromatic carbocycles. The van der Waals surface area contributed by atoms with Crippen LogP contribution in [-0.2, 0) is 39.7 Å². The third-order valence-electron chi connectivity index (χ3n) is 13.9. The number of ketones is 3. The highest BCUT2D eigenvalue weighted by molar-refractivity contribution is 6.45. The predicted molar refractivity (Wildman–Crippen MR) is 239 cm³/mol. The van der Waals surface area contributed by atoms with Crippen molar-refractivity contribution in [2.45, 2.75) is 155 Å². The van der Waals surface area contributed by atoms with Gasteiger partial charge in [0.1, 0.15) is 6.04 Å². The number of hydrogen-bond donors (Lipinski definition) is 5. The molecule has 2 unspecified atom stereocenters. The van der Waals surface area contributed by atoms with E-state index in [9.17, 15) is 33.9 Å². The normalized spacial score (nSPS) is 23.5. The van der Waals surface area contributed by atoms with Crippen LogP contribution in [0, 0.1) is 29.1 Å². The number of aliphatic hydroxyl groups excluding tert-OH is 1. The summed E-state index contributed by atoms with van der Waals surface area (Å²) >= 11 is 0. The second kappa shape index (κ2) is 21.4. The highest BCUT2D eigenvalue weighted by atomic mass is 16.7. The molecule has 2 aromatic rings. The van der Waals surface area contributed by atoms with Crippen molar-refractivity contribution in [3.05, 3.63) is 59.7 Å². The minimum absolute atomic E-state index is 0.0273. The molecule has 3 amide bonds. The molecular formula is C48H69BN4O9. The molecular weight excluding hydrogens is 787 g/mol. The Hall–Kier alpha value is -4.24. The summed E-state index contributed by atoms with van der Waals surface area (Å²) in [5.74, 6) is -4.14. The van der Waals surface area contributed by atoms with Crippen molar-refractivity contribution in [1.29, 1.82) is 0 Å². The number of aliphatic hydroxyl groups is 1. The maximum absolute atomic E-state index is 13.8. The van der Waals surface area contributed by atoms with Crippen molar-refractivity contribution in [1.82, 2.24) is 10.6 Å². The van der Waals surface area contributed by atoms with Gasteiger partial charge in [-0.05, 0) is 99.2 Å². The number of unbranched alkanes of at least 4 members (excludes halogenated alkanes) is 2. The number of aryl methyl sites for hydroxylation is 1. The molecule has 2 bridgehead atoms. The van der Waals surface area contributed by atoms with Gasteiger partial charge in [-0.2, -0.15) is 0 Å². The van der Waals surface area contributed by atoms with Crippen LogP contribution in [0.3, 0.4) is 0 Å². The fraction of sp³-hybridized carbons (Fsp3) is 0.625. The molecule has 1 heterocycles. The van der Waals surface area contributed by atoms with Gasteiger partial charge in [-0.15, -0.1) is 0 Å². The van der Waals surface area contributed by atoms with Crippen LogP contribution in [0.5, 0.6) is 0 Å². The van der Waals surface area contributed by atoms with Crippen LogP contribution >= 0.6 is 0 Å². The number of nitrogens with one attached hydrogen (secondary N) is 2. The van der Waals surface area contributed by atoms with Gasteiger partial charge in [0, 0.05) is 36.7 Å². The fourth-order valence-corrected chi connectivity index (χ4v) is 9.83. The molecule has 0 spiro atoms. The Labute approximate surface area is 367 Å². The van der Waals surface area contributed by atoms with Crippen LogP contribution < -0.4 is 22.1 Å². The van der Waals surface area contributed by atoms with E-state index < -0.39 is 78.5 Å². The molecule has 1 aliphatic heterocycles. The standard InChI is InChI=1S/C48H69BN4O9/c1-7-8-11-31-13-15-32(16-14-31)33-17-19-34(20-18-33)39(56)25-35(12-9-10-23-50)46(60)53-44(30(3)54)40(57)24-29(2)45(59)52-37(28-43(51)58)38(55)21-22-49-61-42-27-36-26-41(47(36,4)5)48(42,6)62-49/h13-20,29-30,35-37,41-42,44,54H,7-12,21-28,50H2,1-6H3,(H2,51,58)(H,52,59)(H,53,60)/t29-,30?,35-,36+,37+,41+,42?,44+,48+/m1/s1. The number of carbonyl (C=O) groups excluding carboxylic acids is 6.